The highest BCUT2D eigenvalue weighted by atomic mass is 31.2. The Morgan fingerprint density at radius 3 is 2.08 bits per heavy atom. The first-order chi connectivity index (χ1) is 5.41. The van der Waals surface area contributed by atoms with E-state index in [0.29, 0.717) is 0 Å². The molecule has 0 amide bonds. The van der Waals surface area contributed by atoms with Crippen molar-refractivity contribution in [1.29, 1.82) is 0 Å². The van der Waals surface area contributed by atoms with Gasteiger partial charge in [0.25, 0.3) is 0 Å². The fraction of sp³-hybridized carbons (Fsp3) is 0.400. The molecule has 0 unspecified atom stereocenters. The van der Waals surface area contributed by atoms with Gasteiger partial charge in [0, 0.05) is 5.30 Å². The van der Waals surface area contributed by atoms with Gasteiger partial charge in [-0.2, -0.15) is 0 Å². The van der Waals surface area contributed by atoms with Gasteiger partial charge in [-0.1, -0.05) is 12.1 Å². The quantitative estimate of drug-likeness (QED) is 0.610. The summed E-state index contributed by atoms with van der Waals surface area (Å²) in [6.07, 6.45) is 0. The fourth-order valence-corrected chi connectivity index (χ4v) is 2.00. The maximum absolute atomic E-state index is 11.7. The SMILES string of the molecule is Cc1ccc(P(C)(C)=O)cc1C. The van der Waals surface area contributed by atoms with E-state index in [1.54, 1.807) is 13.3 Å². The number of rotatable bonds is 1. The Morgan fingerprint density at radius 2 is 1.67 bits per heavy atom. The summed E-state index contributed by atoms with van der Waals surface area (Å²) in [5.41, 5.74) is 2.48. The number of benzene rings is 1. The van der Waals surface area contributed by atoms with Crippen molar-refractivity contribution in [2.24, 2.45) is 0 Å². The molecule has 1 rings (SSSR count). The van der Waals surface area contributed by atoms with Gasteiger partial charge in [-0.3, -0.25) is 0 Å². The maximum atomic E-state index is 11.7. The van der Waals surface area contributed by atoms with Gasteiger partial charge < -0.3 is 4.57 Å². The lowest BCUT2D eigenvalue weighted by Gasteiger charge is -2.08. The predicted molar refractivity (Wildman–Crippen MR) is 55.0 cm³/mol. The standard InChI is InChI=1S/C10H15OP/c1-8-5-6-10(7-9(8)2)12(3,4)11/h5-7H,1-4H3. The minimum atomic E-state index is -2.06. The van der Waals surface area contributed by atoms with Crippen LogP contribution in [0.1, 0.15) is 11.1 Å². The zero-order valence-corrected chi connectivity index (χ0v) is 8.98. The summed E-state index contributed by atoms with van der Waals surface area (Å²) in [4.78, 5) is 0. The van der Waals surface area contributed by atoms with Crippen LogP contribution in [0.4, 0.5) is 0 Å². The summed E-state index contributed by atoms with van der Waals surface area (Å²) in [7, 11) is -2.06. The van der Waals surface area contributed by atoms with E-state index in [4.69, 9.17) is 0 Å². The Kier molecular flexibility index (Phi) is 2.44. The molecule has 2 heteroatoms. The second-order valence-corrected chi connectivity index (χ2v) is 6.84. The van der Waals surface area contributed by atoms with E-state index in [1.807, 2.05) is 18.2 Å². The summed E-state index contributed by atoms with van der Waals surface area (Å²) in [6.45, 7) is 7.72. The average molecular weight is 182 g/mol. The molecule has 1 aromatic rings. The fourth-order valence-electron chi connectivity index (χ4n) is 1.06. The van der Waals surface area contributed by atoms with E-state index in [-0.39, 0.29) is 0 Å². The molecule has 0 bridgehead atoms. The molecule has 66 valence electrons. The van der Waals surface area contributed by atoms with Crippen LogP contribution in [-0.2, 0) is 4.57 Å². The minimum absolute atomic E-state index is 0.977. The normalized spacial score (nSPS) is 11.7. The topological polar surface area (TPSA) is 17.1 Å². The second kappa shape index (κ2) is 3.06. The van der Waals surface area contributed by atoms with Crippen LogP contribution >= 0.6 is 7.14 Å². The van der Waals surface area contributed by atoms with Gasteiger partial charge in [-0.05, 0) is 44.4 Å². The first-order valence-corrected chi connectivity index (χ1v) is 6.64. The Labute approximate surface area is 74.2 Å². The van der Waals surface area contributed by atoms with Crippen LogP contribution in [0.15, 0.2) is 18.2 Å². The van der Waals surface area contributed by atoms with E-state index in [0.717, 1.165) is 5.30 Å². The highest BCUT2D eigenvalue weighted by Crippen LogP contribution is 2.34. The molecule has 0 atom stereocenters. The van der Waals surface area contributed by atoms with Gasteiger partial charge in [0.05, 0.1) is 0 Å². The highest BCUT2D eigenvalue weighted by Gasteiger charge is 2.10. The van der Waals surface area contributed by atoms with Crippen LogP contribution in [0.2, 0.25) is 0 Å². The summed E-state index contributed by atoms with van der Waals surface area (Å²) < 4.78 is 11.7. The van der Waals surface area contributed by atoms with Gasteiger partial charge in [-0.25, -0.2) is 0 Å². The van der Waals surface area contributed by atoms with Crippen molar-refractivity contribution in [2.75, 3.05) is 13.3 Å². The second-order valence-electron chi connectivity index (χ2n) is 3.62. The van der Waals surface area contributed by atoms with Crippen molar-refractivity contribution in [3.8, 4) is 0 Å². The van der Waals surface area contributed by atoms with Crippen LogP contribution in [0.25, 0.3) is 0 Å². The molecular formula is C10H15OP. The average Bonchev–Trinajstić information content (AvgIpc) is 1.92. The molecule has 0 aliphatic rings. The van der Waals surface area contributed by atoms with Gasteiger partial charge in [-0.15, -0.1) is 0 Å². The molecule has 0 spiro atoms. The van der Waals surface area contributed by atoms with E-state index in [1.165, 1.54) is 11.1 Å². The van der Waals surface area contributed by atoms with Crippen molar-refractivity contribution < 1.29 is 4.57 Å². The van der Waals surface area contributed by atoms with E-state index in [9.17, 15) is 4.57 Å². The molecule has 0 N–H and O–H groups in total. The van der Waals surface area contributed by atoms with E-state index in [2.05, 4.69) is 13.8 Å². The zero-order valence-electron chi connectivity index (χ0n) is 8.09. The molecule has 0 saturated carbocycles. The molecule has 0 aliphatic heterocycles. The lowest BCUT2D eigenvalue weighted by atomic mass is 10.1. The third-order valence-electron chi connectivity index (χ3n) is 2.11. The van der Waals surface area contributed by atoms with E-state index < -0.39 is 7.14 Å². The monoisotopic (exact) mass is 182 g/mol. The van der Waals surface area contributed by atoms with E-state index >= 15 is 0 Å². The summed E-state index contributed by atoms with van der Waals surface area (Å²) >= 11 is 0. The summed E-state index contributed by atoms with van der Waals surface area (Å²) in [5.74, 6) is 0. The Morgan fingerprint density at radius 1 is 1.08 bits per heavy atom. The van der Waals surface area contributed by atoms with Crippen LogP contribution in [0, 0.1) is 13.8 Å². The molecule has 0 radical (unpaired) electrons. The molecular weight excluding hydrogens is 167 g/mol. The van der Waals surface area contributed by atoms with Crippen molar-refractivity contribution >= 4 is 12.4 Å². The third kappa shape index (κ3) is 1.98. The number of hydrogen-bond donors (Lipinski definition) is 0. The summed E-state index contributed by atoms with van der Waals surface area (Å²) in [6, 6.07) is 6.02. The van der Waals surface area contributed by atoms with Gasteiger partial charge in [0.2, 0.25) is 0 Å². The molecule has 0 aromatic heterocycles. The predicted octanol–water partition coefficient (Wildman–Crippen LogP) is 2.55. The zero-order chi connectivity index (χ0) is 9.35. The van der Waals surface area contributed by atoms with Crippen molar-refractivity contribution in [3.05, 3.63) is 29.3 Å². The number of aryl methyl sites for hydroxylation is 2. The largest absolute Gasteiger partial charge is 0.319 e. The Bertz CT molecular complexity index is 336. The lowest BCUT2D eigenvalue weighted by molar-refractivity contribution is 0.588. The molecule has 0 fully saturated rings. The van der Waals surface area contributed by atoms with Crippen LogP contribution < -0.4 is 5.30 Å². The smallest absolute Gasteiger partial charge is 0.109 e. The molecule has 1 nitrogen and oxygen atoms in total. The molecule has 0 saturated heterocycles. The van der Waals surface area contributed by atoms with Gasteiger partial charge in [0.15, 0.2) is 0 Å². The Hall–Kier alpha value is -0.550. The van der Waals surface area contributed by atoms with Crippen LogP contribution in [0.3, 0.4) is 0 Å². The molecule has 0 aliphatic carbocycles. The first-order valence-electron chi connectivity index (χ1n) is 4.04. The van der Waals surface area contributed by atoms with Crippen LogP contribution in [0.5, 0.6) is 0 Å². The number of hydrogen-bond acceptors (Lipinski definition) is 1. The molecule has 0 heterocycles. The third-order valence-corrected chi connectivity index (χ3v) is 3.63. The summed E-state index contributed by atoms with van der Waals surface area (Å²) in [5, 5.41) is 0.977. The van der Waals surface area contributed by atoms with Crippen molar-refractivity contribution in [3.63, 3.8) is 0 Å². The van der Waals surface area contributed by atoms with Gasteiger partial charge in [0.1, 0.15) is 7.14 Å². The molecule has 1 aromatic carbocycles. The highest BCUT2D eigenvalue weighted by molar-refractivity contribution is 7.70. The van der Waals surface area contributed by atoms with Gasteiger partial charge >= 0.3 is 0 Å². The first kappa shape index (κ1) is 9.54. The van der Waals surface area contributed by atoms with Crippen molar-refractivity contribution in [2.45, 2.75) is 13.8 Å². The minimum Gasteiger partial charge on any atom is -0.319 e. The maximum Gasteiger partial charge on any atom is 0.109 e. The lowest BCUT2D eigenvalue weighted by Crippen LogP contribution is -2.03. The molecule has 12 heavy (non-hydrogen) atoms. The van der Waals surface area contributed by atoms with Crippen molar-refractivity contribution in [1.82, 2.24) is 0 Å². The van der Waals surface area contributed by atoms with Crippen LogP contribution in [-0.4, -0.2) is 13.3 Å². The Balaban J connectivity index is 3.23.